The smallest absolute Gasteiger partial charge is 0.0871 e. The van der Waals surface area contributed by atoms with Crippen LogP contribution in [0.4, 0.5) is 0 Å². The summed E-state index contributed by atoms with van der Waals surface area (Å²) in [6, 6.07) is 4.89. The standard InChI is InChI=1S/C19H33NO/c1-8-19(9-2,21-11-4)18(20-10-3)17-13-15(6)14(5)12-16(17)7/h12-13,18,20H,8-11H2,1-7H3. The lowest BCUT2D eigenvalue weighted by Crippen LogP contribution is -2.46. The minimum absolute atomic E-state index is 0.128. The van der Waals surface area contributed by atoms with Gasteiger partial charge in [-0.2, -0.15) is 0 Å². The molecule has 0 fully saturated rings. The van der Waals surface area contributed by atoms with Crippen LogP contribution in [0.15, 0.2) is 12.1 Å². The van der Waals surface area contributed by atoms with Gasteiger partial charge in [0.05, 0.1) is 11.6 Å². The highest BCUT2D eigenvalue weighted by Crippen LogP contribution is 2.37. The van der Waals surface area contributed by atoms with Gasteiger partial charge in [0, 0.05) is 6.61 Å². The van der Waals surface area contributed by atoms with Gasteiger partial charge in [0.2, 0.25) is 0 Å². The molecule has 1 N–H and O–H groups in total. The van der Waals surface area contributed by atoms with Crippen molar-refractivity contribution in [3.63, 3.8) is 0 Å². The van der Waals surface area contributed by atoms with Gasteiger partial charge in [0.25, 0.3) is 0 Å². The number of benzene rings is 1. The van der Waals surface area contributed by atoms with Gasteiger partial charge in [-0.3, -0.25) is 0 Å². The van der Waals surface area contributed by atoms with E-state index >= 15 is 0 Å². The fraction of sp³-hybridized carbons (Fsp3) is 0.684. The molecule has 0 radical (unpaired) electrons. The molecular weight excluding hydrogens is 258 g/mol. The average molecular weight is 291 g/mol. The third kappa shape index (κ3) is 3.87. The number of nitrogens with one attached hydrogen (secondary N) is 1. The molecule has 0 aliphatic heterocycles. The van der Waals surface area contributed by atoms with Crippen LogP contribution >= 0.6 is 0 Å². The quantitative estimate of drug-likeness (QED) is 0.738. The van der Waals surface area contributed by atoms with Crippen LogP contribution in [0, 0.1) is 20.8 Å². The summed E-state index contributed by atoms with van der Waals surface area (Å²) in [4.78, 5) is 0. The molecule has 0 saturated heterocycles. The Balaban J connectivity index is 3.37. The first-order valence-corrected chi connectivity index (χ1v) is 8.40. The zero-order chi connectivity index (χ0) is 16.0. The lowest BCUT2D eigenvalue weighted by atomic mass is 9.81. The summed E-state index contributed by atoms with van der Waals surface area (Å²) in [7, 11) is 0. The molecule has 2 heteroatoms. The molecule has 0 bridgehead atoms. The van der Waals surface area contributed by atoms with Crippen LogP contribution < -0.4 is 5.32 Å². The van der Waals surface area contributed by atoms with Crippen molar-refractivity contribution in [1.82, 2.24) is 5.32 Å². The molecule has 0 aliphatic rings. The van der Waals surface area contributed by atoms with Crippen LogP contribution in [0.5, 0.6) is 0 Å². The Morgan fingerprint density at radius 1 is 0.952 bits per heavy atom. The van der Waals surface area contributed by atoms with Crippen molar-refractivity contribution >= 4 is 0 Å². The Bertz CT molecular complexity index is 449. The predicted octanol–water partition coefficient (Wildman–Crippen LogP) is 4.86. The van der Waals surface area contributed by atoms with Crippen LogP contribution in [0.1, 0.15) is 68.8 Å². The van der Waals surface area contributed by atoms with Gasteiger partial charge < -0.3 is 10.1 Å². The van der Waals surface area contributed by atoms with Crippen molar-refractivity contribution in [2.45, 2.75) is 73.0 Å². The van der Waals surface area contributed by atoms with E-state index in [0.29, 0.717) is 0 Å². The highest BCUT2D eigenvalue weighted by atomic mass is 16.5. The first kappa shape index (κ1) is 18.2. The predicted molar refractivity (Wildman–Crippen MR) is 92.0 cm³/mol. The molecule has 1 aromatic rings. The van der Waals surface area contributed by atoms with E-state index in [1.54, 1.807) is 0 Å². The molecular formula is C19H33NO. The number of likely N-dealkylation sites (N-methyl/N-ethyl adjacent to an activating group) is 1. The Kier molecular flexibility index (Phi) is 6.89. The molecule has 1 unspecified atom stereocenters. The Morgan fingerprint density at radius 3 is 2.00 bits per heavy atom. The molecule has 1 atom stereocenters. The largest absolute Gasteiger partial charge is 0.373 e. The first-order valence-electron chi connectivity index (χ1n) is 8.40. The first-order chi connectivity index (χ1) is 9.95. The second kappa shape index (κ2) is 7.95. The average Bonchev–Trinajstić information content (AvgIpc) is 2.47. The van der Waals surface area contributed by atoms with E-state index < -0.39 is 0 Å². The zero-order valence-corrected chi connectivity index (χ0v) is 15.0. The maximum atomic E-state index is 6.26. The molecule has 0 aliphatic carbocycles. The van der Waals surface area contributed by atoms with E-state index in [-0.39, 0.29) is 11.6 Å². The highest BCUT2D eigenvalue weighted by molar-refractivity contribution is 5.39. The Labute approximate surface area is 131 Å². The number of rotatable bonds is 8. The van der Waals surface area contributed by atoms with Crippen molar-refractivity contribution in [3.05, 3.63) is 34.4 Å². The molecule has 0 heterocycles. The van der Waals surface area contributed by atoms with Crippen LogP contribution in [0.25, 0.3) is 0 Å². The van der Waals surface area contributed by atoms with Crippen LogP contribution in [-0.4, -0.2) is 18.8 Å². The Hall–Kier alpha value is -0.860. The molecule has 0 amide bonds. The summed E-state index contributed by atoms with van der Waals surface area (Å²) < 4.78 is 6.26. The number of aryl methyl sites for hydroxylation is 3. The summed E-state index contributed by atoms with van der Waals surface area (Å²) in [6.07, 6.45) is 2.03. The van der Waals surface area contributed by atoms with Gasteiger partial charge in [0.1, 0.15) is 0 Å². The maximum absolute atomic E-state index is 6.26. The lowest BCUT2D eigenvalue weighted by molar-refractivity contribution is -0.0731. The topological polar surface area (TPSA) is 21.3 Å². The van der Waals surface area contributed by atoms with Gasteiger partial charge in [-0.05, 0) is 69.3 Å². The van der Waals surface area contributed by atoms with E-state index in [4.69, 9.17) is 4.74 Å². The minimum Gasteiger partial charge on any atom is -0.373 e. The minimum atomic E-state index is -0.128. The third-order valence-corrected chi connectivity index (χ3v) is 4.76. The fourth-order valence-corrected chi connectivity index (χ4v) is 3.31. The van der Waals surface area contributed by atoms with Crippen LogP contribution in [0.2, 0.25) is 0 Å². The normalized spacial score (nSPS) is 13.5. The van der Waals surface area contributed by atoms with E-state index in [2.05, 4.69) is 65.9 Å². The summed E-state index contributed by atoms with van der Waals surface area (Å²) in [5.74, 6) is 0. The van der Waals surface area contributed by atoms with Crippen molar-refractivity contribution in [2.75, 3.05) is 13.2 Å². The third-order valence-electron chi connectivity index (χ3n) is 4.76. The van der Waals surface area contributed by atoms with Crippen molar-refractivity contribution < 1.29 is 4.74 Å². The monoisotopic (exact) mass is 291 g/mol. The van der Waals surface area contributed by atoms with Crippen molar-refractivity contribution in [2.24, 2.45) is 0 Å². The number of hydrogen-bond acceptors (Lipinski definition) is 2. The number of ether oxygens (including phenoxy) is 1. The molecule has 0 spiro atoms. The molecule has 0 saturated carbocycles. The highest BCUT2D eigenvalue weighted by Gasteiger charge is 2.37. The van der Waals surface area contributed by atoms with Crippen molar-refractivity contribution in [3.8, 4) is 0 Å². The summed E-state index contributed by atoms with van der Waals surface area (Å²) in [6.45, 7) is 17.0. The fourth-order valence-electron chi connectivity index (χ4n) is 3.31. The molecule has 1 aromatic carbocycles. The zero-order valence-electron chi connectivity index (χ0n) is 15.0. The van der Waals surface area contributed by atoms with Gasteiger partial charge in [0.15, 0.2) is 0 Å². The van der Waals surface area contributed by atoms with Crippen LogP contribution in [-0.2, 0) is 4.74 Å². The summed E-state index contributed by atoms with van der Waals surface area (Å²) in [5, 5.41) is 3.69. The van der Waals surface area contributed by atoms with Gasteiger partial charge in [-0.15, -0.1) is 0 Å². The molecule has 1 rings (SSSR count). The molecule has 120 valence electrons. The van der Waals surface area contributed by atoms with E-state index in [1.165, 1.54) is 22.3 Å². The maximum Gasteiger partial charge on any atom is 0.0871 e. The Morgan fingerprint density at radius 2 is 1.52 bits per heavy atom. The number of hydrogen-bond donors (Lipinski definition) is 1. The van der Waals surface area contributed by atoms with E-state index in [9.17, 15) is 0 Å². The molecule has 0 aromatic heterocycles. The summed E-state index contributed by atoms with van der Waals surface area (Å²) >= 11 is 0. The second-order valence-electron chi connectivity index (χ2n) is 5.99. The second-order valence-corrected chi connectivity index (χ2v) is 5.99. The van der Waals surface area contributed by atoms with E-state index in [1.807, 2.05) is 0 Å². The molecule has 2 nitrogen and oxygen atoms in total. The van der Waals surface area contributed by atoms with Crippen LogP contribution in [0.3, 0.4) is 0 Å². The summed E-state index contributed by atoms with van der Waals surface area (Å²) in [5.41, 5.74) is 5.33. The van der Waals surface area contributed by atoms with Crippen molar-refractivity contribution in [1.29, 1.82) is 0 Å². The van der Waals surface area contributed by atoms with Gasteiger partial charge in [-0.25, -0.2) is 0 Å². The van der Waals surface area contributed by atoms with Gasteiger partial charge in [-0.1, -0.05) is 32.9 Å². The van der Waals surface area contributed by atoms with E-state index in [0.717, 1.165) is 26.0 Å². The lowest BCUT2D eigenvalue weighted by Gasteiger charge is -2.41. The van der Waals surface area contributed by atoms with Gasteiger partial charge >= 0.3 is 0 Å². The SMILES string of the molecule is CCNC(c1cc(C)c(C)cc1C)C(CC)(CC)OCC. The molecule has 21 heavy (non-hydrogen) atoms.